The van der Waals surface area contributed by atoms with Crippen LogP contribution >= 0.6 is 0 Å². The summed E-state index contributed by atoms with van der Waals surface area (Å²) in [6.45, 7) is 13.2. The molecule has 2 atom stereocenters. The summed E-state index contributed by atoms with van der Waals surface area (Å²) in [7, 11) is 0. The standard InChI is InChI=1S/C16H33N3O/c1-5-8-12-19(13-15-10-9-11-17-15)14(4)16(20)18(6-2)7-3/h14-15,17H,5-13H2,1-4H3. The largest absolute Gasteiger partial charge is 0.342 e. The molecule has 1 amide bonds. The lowest BCUT2D eigenvalue weighted by molar-refractivity contribution is -0.136. The molecule has 2 unspecified atom stereocenters. The molecule has 1 aliphatic rings. The van der Waals surface area contributed by atoms with Crippen molar-refractivity contribution in [2.75, 3.05) is 32.7 Å². The molecule has 0 aliphatic carbocycles. The lowest BCUT2D eigenvalue weighted by atomic mass is 10.1. The normalized spacial score (nSPS) is 20.4. The molecule has 118 valence electrons. The van der Waals surface area contributed by atoms with Gasteiger partial charge in [-0.1, -0.05) is 13.3 Å². The van der Waals surface area contributed by atoms with Crippen LogP contribution < -0.4 is 5.32 Å². The molecule has 4 nitrogen and oxygen atoms in total. The number of amides is 1. The highest BCUT2D eigenvalue weighted by Crippen LogP contribution is 2.12. The molecule has 1 aliphatic heterocycles. The van der Waals surface area contributed by atoms with Crippen molar-refractivity contribution in [3.63, 3.8) is 0 Å². The Balaban J connectivity index is 2.61. The van der Waals surface area contributed by atoms with Gasteiger partial charge in [0.25, 0.3) is 0 Å². The number of hydrogen-bond acceptors (Lipinski definition) is 3. The zero-order chi connectivity index (χ0) is 15.0. The summed E-state index contributed by atoms with van der Waals surface area (Å²) in [5.41, 5.74) is 0. The fraction of sp³-hybridized carbons (Fsp3) is 0.938. The summed E-state index contributed by atoms with van der Waals surface area (Å²) in [6.07, 6.45) is 4.86. The number of carbonyl (C=O) groups is 1. The minimum Gasteiger partial charge on any atom is -0.342 e. The van der Waals surface area contributed by atoms with Crippen LogP contribution in [-0.4, -0.2) is 60.5 Å². The van der Waals surface area contributed by atoms with Crippen LogP contribution in [0.25, 0.3) is 0 Å². The maximum atomic E-state index is 12.5. The van der Waals surface area contributed by atoms with Crippen molar-refractivity contribution in [3.8, 4) is 0 Å². The molecule has 1 N–H and O–H groups in total. The van der Waals surface area contributed by atoms with Gasteiger partial charge in [-0.05, 0) is 53.1 Å². The molecule has 20 heavy (non-hydrogen) atoms. The number of unbranched alkanes of at least 4 members (excludes halogenated alkanes) is 1. The number of carbonyl (C=O) groups excluding carboxylic acids is 1. The molecule has 1 fully saturated rings. The van der Waals surface area contributed by atoms with E-state index in [9.17, 15) is 4.79 Å². The van der Waals surface area contributed by atoms with E-state index in [0.717, 1.165) is 32.7 Å². The molecule has 1 rings (SSSR count). The molecular weight excluding hydrogens is 250 g/mol. The first kappa shape index (κ1) is 17.4. The Morgan fingerprint density at radius 2 is 2.00 bits per heavy atom. The monoisotopic (exact) mass is 283 g/mol. The fourth-order valence-corrected chi connectivity index (χ4v) is 2.96. The topological polar surface area (TPSA) is 35.6 Å². The third-order valence-corrected chi connectivity index (χ3v) is 4.40. The van der Waals surface area contributed by atoms with Gasteiger partial charge in [0, 0.05) is 25.7 Å². The number of hydrogen-bond donors (Lipinski definition) is 1. The molecule has 0 radical (unpaired) electrons. The maximum absolute atomic E-state index is 12.5. The summed E-state index contributed by atoms with van der Waals surface area (Å²) in [6, 6.07) is 0.572. The van der Waals surface area contributed by atoms with Crippen molar-refractivity contribution >= 4 is 5.91 Å². The van der Waals surface area contributed by atoms with Gasteiger partial charge >= 0.3 is 0 Å². The molecule has 0 saturated carbocycles. The molecule has 0 bridgehead atoms. The number of nitrogens with zero attached hydrogens (tertiary/aromatic N) is 2. The molecule has 0 aromatic heterocycles. The number of likely N-dealkylation sites (N-methyl/N-ethyl adjacent to an activating group) is 1. The lowest BCUT2D eigenvalue weighted by Crippen LogP contribution is -2.50. The zero-order valence-electron chi connectivity index (χ0n) is 13.8. The van der Waals surface area contributed by atoms with Crippen molar-refractivity contribution in [1.82, 2.24) is 15.1 Å². The Morgan fingerprint density at radius 3 is 2.50 bits per heavy atom. The van der Waals surface area contributed by atoms with Crippen molar-refractivity contribution in [2.45, 2.75) is 65.5 Å². The van der Waals surface area contributed by atoms with Gasteiger partial charge in [0.2, 0.25) is 5.91 Å². The van der Waals surface area contributed by atoms with Gasteiger partial charge in [0.1, 0.15) is 0 Å². The Hall–Kier alpha value is -0.610. The fourth-order valence-electron chi connectivity index (χ4n) is 2.96. The van der Waals surface area contributed by atoms with Gasteiger partial charge in [-0.3, -0.25) is 9.69 Å². The average molecular weight is 283 g/mol. The van der Waals surface area contributed by atoms with Crippen molar-refractivity contribution < 1.29 is 4.79 Å². The number of nitrogens with one attached hydrogen (secondary N) is 1. The molecule has 1 heterocycles. The van der Waals surface area contributed by atoms with Gasteiger partial charge in [0.15, 0.2) is 0 Å². The summed E-state index contributed by atoms with van der Waals surface area (Å²) in [5.74, 6) is 0.282. The predicted molar refractivity (Wildman–Crippen MR) is 84.9 cm³/mol. The Labute approximate surface area is 124 Å². The summed E-state index contributed by atoms with van der Waals surface area (Å²) in [5, 5.41) is 3.55. The SMILES string of the molecule is CCCCN(CC1CCCN1)C(C)C(=O)N(CC)CC. The molecule has 0 spiro atoms. The molecule has 4 heteroatoms. The highest BCUT2D eigenvalue weighted by molar-refractivity contribution is 5.81. The third kappa shape index (κ3) is 5.06. The second-order valence-corrected chi connectivity index (χ2v) is 5.83. The van der Waals surface area contributed by atoms with Crippen LogP contribution in [0.15, 0.2) is 0 Å². The lowest BCUT2D eigenvalue weighted by Gasteiger charge is -2.33. The molecule has 1 saturated heterocycles. The molecule has 0 aromatic carbocycles. The average Bonchev–Trinajstić information content (AvgIpc) is 2.96. The summed E-state index contributed by atoms with van der Waals surface area (Å²) >= 11 is 0. The quantitative estimate of drug-likeness (QED) is 0.704. The second kappa shape index (κ2) is 9.35. The summed E-state index contributed by atoms with van der Waals surface area (Å²) < 4.78 is 0. The van der Waals surface area contributed by atoms with Gasteiger partial charge < -0.3 is 10.2 Å². The molecule has 0 aromatic rings. The van der Waals surface area contributed by atoms with Crippen molar-refractivity contribution in [1.29, 1.82) is 0 Å². The highest BCUT2D eigenvalue weighted by Gasteiger charge is 2.27. The van der Waals surface area contributed by atoms with E-state index < -0.39 is 0 Å². The van der Waals surface area contributed by atoms with E-state index >= 15 is 0 Å². The van der Waals surface area contributed by atoms with E-state index in [4.69, 9.17) is 0 Å². The van der Waals surface area contributed by atoms with Crippen molar-refractivity contribution in [3.05, 3.63) is 0 Å². The Kier molecular flexibility index (Phi) is 8.15. The van der Waals surface area contributed by atoms with E-state index in [1.165, 1.54) is 25.7 Å². The van der Waals surface area contributed by atoms with Crippen LogP contribution in [0.4, 0.5) is 0 Å². The Morgan fingerprint density at radius 1 is 1.30 bits per heavy atom. The van der Waals surface area contributed by atoms with Gasteiger partial charge in [-0.2, -0.15) is 0 Å². The van der Waals surface area contributed by atoms with Crippen LogP contribution in [0.1, 0.15) is 53.4 Å². The van der Waals surface area contributed by atoms with Crippen LogP contribution in [0.5, 0.6) is 0 Å². The highest BCUT2D eigenvalue weighted by atomic mass is 16.2. The summed E-state index contributed by atoms with van der Waals surface area (Å²) in [4.78, 5) is 16.9. The first-order valence-electron chi connectivity index (χ1n) is 8.40. The van der Waals surface area contributed by atoms with Gasteiger partial charge in [0.05, 0.1) is 6.04 Å². The van der Waals surface area contributed by atoms with E-state index in [-0.39, 0.29) is 11.9 Å². The first-order valence-corrected chi connectivity index (χ1v) is 8.40. The number of rotatable bonds is 9. The third-order valence-electron chi connectivity index (χ3n) is 4.40. The second-order valence-electron chi connectivity index (χ2n) is 5.83. The zero-order valence-corrected chi connectivity index (χ0v) is 13.8. The van der Waals surface area contributed by atoms with Crippen LogP contribution in [0.2, 0.25) is 0 Å². The van der Waals surface area contributed by atoms with Crippen LogP contribution in [0, 0.1) is 0 Å². The molecular formula is C16H33N3O. The van der Waals surface area contributed by atoms with E-state index in [1.807, 2.05) is 4.90 Å². The van der Waals surface area contributed by atoms with Gasteiger partial charge in [-0.15, -0.1) is 0 Å². The van der Waals surface area contributed by atoms with Crippen LogP contribution in [0.3, 0.4) is 0 Å². The van der Waals surface area contributed by atoms with Gasteiger partial charge in [-0.25, -0.2) is 0 Å². The predicted octanol–water partition coefficient (Wildman–Crippen LogP) is 2.10. The van der Waals surface area contributed by atoms with Crippen molar-refractivity contribution in [2.24, 2.45) is 0 Å². The van der Waals surface area contributed by atoms with Crippen LogP contribution in [-0.2, 0) is 4.79 Å². The van der Waals surface area contributed by atoms with E-state index in [1.54, 1.807) is 0 Å². The van der Waals surface area contributed by atoms with E-state index in [2.05, 4.69) is 37.9 Å². The minimum absolute atomic E-state index is 0.00356. The minimum atomic E-state index is 0.00356. The van der Waals surface area contributed by atoms with E-state index in [0.29, 0.717) is 6.04 Å². The Bertz CT molecular complexity index is 273. The smallest absolute Gasteiger partial charge is 0.239 e. The first-order chi connectivity index (χ1) is 9.63. The maximum Gasteiger partial charge on any atom is 0.239 e.